The molecule has 0 saturated carbocycles. The molecule has 0 atom stereocenters. The first-order chi connectivity index (χ1) is 10.1. The van der Waals surface area contributed by atoms with Crippen molar-refractivity contribution in [2.24, 2.45) is 11.0 Å². The summed E-state index contributed by atoms with van der Waals surface area (Å²) in [6.07, 6.45) is 7.66. The van der Waals surface area contributed by atoms with Gasteiger partial charge in [0.15, 0.2) is 0 Å². The minimum Gasteiger partial charge on any atom is -0.370 e. The van der Waals surface area contributed by atoms with Crippen LogP contribution in [0.5, 0.6) is 0 Å². The molecule has 2 N–H and O–H groups in total. The molecule has 21 heavy (non-hydrogen) atoms. The predicted molar refractivity (Wildman–Crippen MR) is 82.7 cm³/mol. The Kier molecular flexibility index (Phi) is 3.60. The minimum atomic E-state index is -0.211. The molecule has 1 saturated heterocycles. The number of allylic oxidation sites excluding steroid dienone is 1. The molecule has 0 aliphatic carbocycles. The minimum absolute atomic E-state index is 0.211. The third kappa shape index (κ3) is 2.89. The molecule has 1 aromatic rings. The second-order valence-corrected chi connectivity index (χ2v) is 5.60. The van der Waals surface area contributed by atoms with Gasteiger partial charge in [-0.05, 0) is 24.8 Å². The number of nitrogens with one attached hydrogen (secondary N) is 2. The summed E-state index contributed by atoms with van der Waals surface area (Å²) in [5, 5.41) is 4.63. The standard InChI is InChI=1S/C15H19N5O/c1-10-3-5-20(6-4-10)12-7-14(19-17-8-12)13-9-16-11(2)18-15(13)21/h7-10,19H,2-6H2,1H3,(H,18,21)/b14-13+. The lowest BCUT2D eigenvalue weighted by Gasteiger charge is -2.33. The average molecular weight is 285 g/mol. The van der Waals surface area contributed by atoms with Crippen LogP contribution in [-0.2, 0) is 0 Å². The highest BCUT2D eigenvalue weighted by atomic mass is 16.1. The van der Waals surface area contributed by atoms with E-state index in [9.17, 15) is 4.79 Å². The SMILES string of the molecule is C=c1nc/c(=C2/C=C(N3CCC(C)CC3)C=NN2)c(=O)[nH]1. The second kappa shape index (κ2) is 5.55. The summed E-state index contributed by atoms with van der Waals surface area (Å²) in [5.74, 6) is 0.778. The first kappa shape index (κ1) is 13.6. The van der Waals surface area contributed by atoms with Crippen molar-refractivity contribution in [3.8, 4) is 0 Å². The molecule has 2 aliphatic rings. The van der Waals surface area contributed by atoms with Crippen LogP contribution in [0.2, 0.25) is 0 Å². The van der Waals surface area contributed by atoms with E-state index < -0.39 is 0 Å². The van der Waals surface area contributed by atoms with E-state index in [1.165, 1.54) is 19.0 Å². The van der Waals surface area contributed by atoms with E-state index in [0.29, 0.717) is 16.4 Å². The highest BCUT2D eigenvalue weighted by molar-refractivity contribution is 5.83. The zero-order valence-electron chi connectivity index (χ0n) is 12.1. The summed E-state index contributed by atoms with van der Waals surface area (Å²) in [4.78, 5) is 20.9. The van der Waals surface area contributed by atoms with Gasteiger partial charge in [0.2, 0.25) is 0 Å². The van der Waals surface area contributed by atoms with Crippen LogP contribution in [0, 0.1) is 5.92 Å². The molecule has 6 heteroatoms. The van der Waals surface area contributed by atoms with Gasteiger partial charge in [0.25, 0.3) is 5.56 Å². The fourth-order valence-corrected chi connectivity index (χ4v) is 2.59. The van der Waals surface area contributed by atoms with Crippen LogP contribution in [0.15, 0.2) is 27.9 Å². The van der Waals surface area contributed by atoms with Gasteiger partial charge in [-0.25, -0.2) is 4.98 Å². The van der Waals surface area contributed by atoms with Crippen molar-refractivity contribution in [1.29, 1.82) is 0 Å². The van der Waals surface area contributed by atoms with Gasteiger partial charge in [-0.2, -0.15) is 5.10 Å². The van der Waals surface area contributed by atoms with Crippen molar-refractivity contribution in [2.45, 2.75) is 19.8 Å². The second-order valence-electron chi connectivity index (χ2n) is 5.60. The molecule has 0 amide bonds. The van der Waals surface area contributed by atoms with Gasteiger partial charge in [0.05, 0.1) is 22.8 Å². The fraction of sp³-hybridized carbons (Fsp3) is 0.400. The molecule has 2 aliphatic heterocycles. The fourth-order valence-electron chi connectivity index (χ4n) is 2.59. The maximum atomic E-state index is 12.0. The lowest BCUT2D eigenvalue weighted by Crippen LogP contribution is -2.39. The molecule has 1 aromatic heterocycles. The van der Waals surface area contributed by atoms with Crippen molar-refractivity contribution in [3.63, 3.8) is 0 Å². The first-order valence-corrected chi connectivity index (χ1v) is 7.18. The van der Waals surface area contributed by atoms with Crippen LogP contribution < -0.4 is 21.7 Å². The number of aromatic amines is 1. The molecule has 110 valence electrons. The Bertz CT molecular complexity index is 753. The quantitative estimate of drug-likeness (QED) is 0.729. The number of hydrogen-bond acceptors (Lipinski definition) is 5. The highest BCUT2D eigenvalue weighted by Crippen LogP contribution is 2.20. The number of nitrogens with zero attached hydrogens (tertiary/aromatic N) is 3. The maximum Gasteiger partial charge on any atom is 0.260 e. The Labute approximate surface area is 122 Å². The van der Waals surface area contributed by atoms with Crippen molar-refractivity contribution < 1.29 is 0 Å². The molecule has 0 bridgehead atoms. The third-order valence-corrected chi connectivity index (χ3v) is 3.96. The molecule has 0 radical (unpaired) electrons. The number of aromatic nitrogens is 2. The van der Waals surface area contributed by atoms with Crippen molar-refractivity contribution in [1.82, 2.24) is 20.3 Å². The monoisotopic (exact) mass is 285 g/mol. The summed E-state index contributed by atoms with van der Waals surface area (Å²) in [7, 11) is 0. The normalized spacial score (nSPS) is 22.0. The summed E-state index contributed by atoms with van der Waals surface area (Å²) in [5.41, 5.74) is 4.73. The van der Waals surface area contributed by atoms with Crippen LogP contribution in [0.4, 0.5) is 0 Å². The van der Waals surface area contributed by atoms with E-state index in [2.05, 4.69) is 38.9 Å². The summed E-state index contributed by atoms with van der Waals surface area (Å²) in [6, 6.07) is 0. The van der Waals surface area contributed by atoms with E-state index >= 15 is 0 Å². The van der Waals surface area contributed by atoms with Crippen LogP contribution in [0.3, 0.4) is 0 Å². The average Bonchev–Trinajstić information content (AvgIpc) is 2.48. The third-order valence-electron chi connectivity index (χ3n) is 3.96. The number of piperidine rings is 1. The van der Waals surface area contributed by atoms with Gasteiger partial charge >= 0.3 is 0 Å². The molecule has 3 heterocycles. The zero-order chi connectivity index (χ0) is 14.8. The van der Waals surface area contributed by atoms with Crippen molar-refractivity contribution in [2.75, 3.05) is 13.1 Å². The lowest BCUT2D eigenvalue weighted by molar-refractivity contribution is 0.247. The largest absolute Gasteiger partial charge is 0.370 e. The molecular weight excluding hydrogens is 266 g/mol. The maximum absolute atomic E-state index is 12.0. The number of H-pyrrole nitrogens is 1. The first-order valence-electron chi connectivity index (χ1n) is 7.18. The van der Waals surface area contributed by atoms with Gasteiger partial charge in [0.1, 0.15) is 5.48 Å². The van der Waals surface area contributed by atoms with Crippen LogP contribution >= 0.6 is 0 Å². The van der Waals surface area contributed by atoms with Gasteiger partial charge in [0, 0.05) is 19.3 Å². The van der Waals surface area contributed by atoms with Crippen molar-refractivity contribution in [3.05, 3.63) is 39.0 Å². The Balaban J connectivity index is 1.97. The smallest absolute Gasteiger partial charge is 0.260 e. The number of hydrazone groups is 1. The molecule has 3 rings (SSSR count). The van der Waals surface area contributed by atoms with Gasteiger partial charge in [-0.1, -0.05) is 13.5 Å². The molecular formula is C15H19N5O. The van der Waals surface area contributed by atoms with Crippen LogP contribution in [0.1, 0.15) is 19.8 Å². The van der Waals surface area contributed by atoms with Gasteiger partial charge in [-0.15, -0.1) is 0 Å². The van der Waals surface area contributed by atoms with E-state index in [1.807, 2.05) is 6.08 Å². The summed E-state index contributed by atoms with van der Waals surface area (Å²) < 4.78 is 0. The Morgan fingerprint density at radius 3 is 2.86 bits per heavy atom. The molecule has 0 spiro atoms. The summed E-state index contributed by atoms with van der Waals surface area (Å²) in [6.45, 7) is 7.95. The Hall–Kier alpha value is -2.37. The zero-order valence-corrected chi connectivity index (χ0v) is 12.1. The van der Waals surface area contributed by atoms with Crippen molar-refractivity contribution >= 4 is 18.5 Å². The van der Waals surface area contributed by atoms with Crippen LogP contribution in [0.25, 0.3) is 12.3 Å². The lowest BCUT2D eigenvalue weighted by atomic mass is 9.99. The van der Waals surface area contributed by atoms with Gasteiger partial charge < -0.3 is 9.88 Å². The topological polar surface area (TPSA) is 73.4 Å². The number of likely N-dealkylation sites (tertiary alicyclic amines) is 1. The number of hydrogen-bond donors (Lipinski definition) is 2. The molecule has 0 unspecified atom stereocenters. The van der Waals surface area contributed by atoms with Gasteiger partial charge in [-0.3, -0.25) is 10.2 Å². The Morgan fingerprint density at radius 2 is 2.14 bits per heavy atom. The summed E-state index contributed by atoms with van der Waals surface area (Å²) >= 11 is 0. The predicted octanol–water partition coefficient (Wildman–Crippen LogP) is -0.507. The molecule has 6 nitrogen and oxygen atoms in total. The Morgan fingerprint density at radius 1 is 1.38 bits per heavy atom. The van der Waals surface area contributed by atoms with Crippen LogP contribution in [-0.4, -0.2) is 34.2 Å². The highest BCUT2D eigenvalue weighted by Gasteiger charge is 2.18. The van der Waals surface area contributed by atoms with E-state index in [0.717, 1.165) is 24.7 Å². The van der Waals surface area contributed by atoms with E-state index in [4.69, 9.17) is 0 Å². The molecule has 1 fully saturated rings. The van der Waals surface area contributed by atoms with E-state index in [-0.39, 0.29) is 5.56 Å². The number of rotatable bonds is 1. The molecule has 0 aromatic carbocycles. The van der Waals surface area contributed by atoms with E-state index in [1.54, 1.807) is 6.21 Å².